The molecule has 4 heteroatoms. The standard InChI is InChI=1S/C3H2Cl4/c4-2-1-3(5,6)7/h1-2H/b2-1-. The summed E-state index contributed by atoms with van der Waals surface area (Å²) < 4.78 is -1.35. The summed E-state index contributed by atoms with van der Waals surface area (Å²) >= 11 is 20.6. The molecule has 0 nitrogen and oxygen atoms in total. The van der Waals surface area contributed by atoms with Crippen LogP contribution in [0.25, 0.3) is 0 Å². The Balaban J connectivity index is 3.56. The van der Waals surface area contributed by atoms with Crippen LogP contribution in [-0.2, 0) is 0 Å². The normalized spacial score (nSPS) is 13.1. The molecule has 0 aliphatic carbocycles. The van der Waals surface area contributed by atoms with Crippen molar-refractivity contribution < 1.29 is 0 Å². The van der Waals surface area contributed by atoms with Crippen LogP contribution in [0, 0.1) is 0 Å². The summed E-state index contributed by atoms with van der Waals surface area (Å²) in [4.78, 5) is 0. The minimum Gasteiger partial charge on any atom is -0.0931 e. The molecule has 0 radical (unpaired) electrons. The Morgan fingerprint density at radius 3 is 1.57 bits per heavy atom. The average Bonchev–Trinajstić information content (AvgIpc) is 1.30. The second-order valence-corrected chi connectivity index (χ2v) is 3.46. The number of alkyl halides is 3. The highest BCUT2D eigenvalue weighted by atomic mass is 35.6. The van der Waals surface area contributed by atoms with Gasteiger partial charge < -0.3 is 0 Å². The van der Waals surface area contributed by atoms with E-state index in [1.807, 2.05) is 0 Å². The molecule has 0 N–H and O–H groups in total. The first kappa shape index (κ1) is 7.90. The van der Waals surface area contributed by atoms with Gasteiger partial charge in [-0.1, -0.05) is 46.4 Å². The highest BCUT2D eigenvalue weighted by Crippen LogP contribution is 2.27. The van der Waals surface area contributed by atoms with Gasteiger partial charge in [-0.3, -0.25) is 0 Å². The van der Waals surface area contributed by atoms with Crippen molar-refractivity contribution in [3.05, 3.63) is 11.6 Å². The summed E-state index contributed by atoms with van der Waals surface area (Å²) in [5, 5.41) is 0. The summed E-state index contributed by atoms with van der Waals surface area (Å²) in [6.07, 6.45) is 1.25. The van der Waals surface area contributed by atoms with E-state index in [2.05, 4.69) is 0 Å². The Labute approximate surface area is 62.0 Å². The van der Waals surface area contributed by atoms with Crippen LogP contribution in [0.1, 0.15) is 0 Å². The lowest BCUT2D eigenvalue weighted by Gasteiger charge is -1.98. The largest absolute Gasteiger partial charge is 0.210 e. The number of halogens is 4. The SMILES string of the molecule is Cl/C=C\C(Cl)(Cl)Cl. The molecular formula is C3H2Cl4. The third-order valence-electron chi connectivity index (χ3n) is 0.252. The highest BCUT2D eigenvalue weighted by Gasteiger charge is 2.12. The molecule has 42 valence electrons. The number of hydrogen-bond donors (Lipinski definition) is 0. The van der Waals surface area contributed by atoms with Crippen molar-refractivity contribution in [3.8, 4) is 0 Å². The van der Waals surface area contributed by atoms with Crippen molar-refractivity contribution in [3.63, 3.8) is 0 Å². The van der Waals surface area contributed by atoms with E-state index in [9.17, 15) is 0 Å². The monoisotopic (exact) mass is 178 g/mol. The Kier molecular flexibility index (Phi) is 3.42. The van der Waals surface area contributed by atoms with E-state index in [-0.39, 0.29) is 0 Å². The van der Waals surface area contributed by atoms with E-state index < -0.39 is 3.79 Å². The predicted molar refractivity (Wildman–Crippen MR) is 35.3 cm³/mol. The van der Waals surface area contributed by atoms with Crippen molar-refractivity contribution >= 4 is 46.4 Å². The zero-order valence-electron chi connectivity index (χ0n) is 3.17. The fourth-order valence-electron chi connectivity index (χ4n) is 0.0714. The molecule has 0 bridgehead atoms. The number of rotatable bonds is 0. The second kappa shape index (κ2) is 3.03. The average molecular weight is 180 g/mol. The number of allylic oxidation sites excluding steroid dienone is 1. The minimum atomic E-state index is -1.35. The van der Waals surface area contributed by atoms with Gasteiger partial charge in [-0.25, -0.2) is 0 Å². The fourth-order valence-corrected chi connectivity index (χ4v) is 0.643. The lowest BCUT2D eigenvalue weighted by molar-refractivity contribution is 1.48. The number of hydrogen-bond acceptors (Lipinski definition) is 0. The molecule has 0 rings (SSSR count). The van der Waals surface area contributed by atoms with Crippen LogP contribution in [0.4, 0.5) is 0 Å². The van der Waals surface area contributed by atoms with Gasteiger partial charge in [0.05, 0.1) is 0 Å². The molecule has 0 amide bonds. The zero-order chi connectivity index (χ0) is 5.91. The molecule has 0 aromatic rings. The van der Waals surface area contributed by atoms with Gasteiger partial charge in [0.15, 0.2) is 0 Å². The van der Waals surface area contributed by atoms with Gasteiger partial charge in [0.25, 0.3) is 0 Å². The Bertz CT molecular complexity index is 69.5. The molecule has 0 atom stereocenters. The van der Waals surface area contributed by atoms with Crippen molar-refractivity contribution in [2.24, 2.45) is 0 Å². The maximum atomic E-state index is 5.19. The molecule has 0 saturated carbocycles. The topological polar surface area (TPSA) is 0 Å². The van der Waals surface area contributed by atoms with Gasteiger partial charge in [-0.2, -0.15) is 0 Å². The first-order valence-corrected chi connectivity index (χ1v) is 2.98. The molecule has 0 aliphatic heterocycles. The fraction of sp³-hybridized carbons (Fsp3) is 0.333. The molecule has 0 aromatic carbocycles. The molecule has 0 heterocycles. The third kappa shape index (κ3) is 6.90. The summed E-state index contributed by atoms with van der Waals surface area (Å²) in [7, 11) is 0. The van der Waals surface area contributed by atoms with E-state index in [1.54, 1.807) is 0 Å². The van der Waals surface area contributed by atoms with Crippen LogP contribution in [0.3, 0.4) is 0 Å². The van der Waals surface area contributed by atoms with Crippen molar-refractivity contribution in [1.82, 2.24) is 0 Å². The van der Waals surface area contributed by atoms with Crippen LogP contribution in [-0.4, -0.2) is 3.79 Å². The van der Waals surface area contributed by atoms with Gasteiger partial charge >= 0.3 is 0 Å². The van der Waals surface area contributed by atoms with Crippen LogP contribution in [0.5, 0.6) is 0 Å². The lowest BCUT2D eigenvalue weighted by Crippen LogP contribution is -1.92. The lowest BCUT2D eigenvalue weighted by atomic mass is 10.7. The van der Waals surface area contributed by atoms with Crippen LogP contribution < -0.4 is 0 Å². The molecule has 0 unspecified atom stereocenters. The predicted octanol–water partition coefficient (Wildman–Crippen LogP) is 3.11. The summed E-state index contributed by atoms with van der Waals surface area (Å²) in [6.45, 7) is 0. The molecule has 0 fully saturated rings. The van der Waals surface area contributed by atoms with Crippen LogP contribution in [0.15, 0.2) is 11.6 Å². The van der Waals surface area contributed by atoms with E-state index in [1.165, 1.54) is 6.08 Å². The summed E-state index contributed by atoms with van der Waals surface area (Å²) in [6, 6.07) is 0. The van der Waals surface area contributed by atoms with E-state index >= 15 is 0 Å². The quantitative estimate of drug-likeness (QED) is 0.502. The van der Waals surface area contributed by atoms with Gasteiger partial charge in [0.1, 0.15) is 0 Å². The molecule has 0 saturated heterocycles. The maximum Gasteiger partial charge on any atom is 0.210 e. The maximum absolute atomic E-state index is 5.19. The molecule has 7 heavy (non-hydrogen) atoms. The second-order valence-electron chi connectivity index (χ2n) is 0.834. The van der Waals surface area contributed by atoms with Crippen molar-refractivity contribution in [2.75, 3.05) is 0 Å². The highest BCUT2D eigenvalue weighted by molar-refractivity contribution is 6.69. The first-order valence-electron chi connectivity index (χ1n) is 1.41. The smallest absolute Gasteiger partial charge is 0.0931 e. The van der Waals surface area contributed by atoms with Gasteiger partial charge in [-0.05, 0) is 6.08 Å². The van der Waals surface area contributed by atoms with E-state index in [4.69, 9.17) is 46.4 Å². The van der Waals surface area contributed by atoms with E-state index in [0.717, 1.165) is 5.54 Å². The Morgan fingerprint density at radius 1 is 1.14 bits per heavy atom. The van der Waals surface area contributed by atoms with Gasteiger partial charge in [-0.15, -0.1) is 0 Å². The minimum absolute atomic E-state index is 1.16. The first-order chi connectivity index (χ1) is 3.06. The van der Waals surface area contributed by atoms with Gasteiger partial charge in [0.2, 0.25) is 3.79 Å². The van der Waals surface area contributed by atoms with Crippen molar-refractivity contribution in [1.29, 1.82) is 0 Å². The van der Waals surface area contributed by atoms with Crippen LogP contribution in [0.2, 0.25) is 0 Å². The Hall–Kier alpha value is 0.900. The van der Waals surface area contributed by atoms with Gasteiger partial charge in [0, 0.05) is 5.54 Å². The molecule has 0 aliphatic rings. The molecular weight excluding hydrogens is 178 g/mol. The summed E-state index contributed by atoms with van der Waals surface area (Å²) in [5.74, 6) is 0. The zero-order valence-corrected chi connectivity index (χ0v) is 6.19. The van der Waals surface area contributed by atoms with Crippen molar-refractivity contribution in [2.45, 2.75) is 3.79 Å². The van der Waals surface area contributed by atoms with E-state index in [0.29, 0.717) is 0 Å². The third-order valence-corrected chi connectivity index (χ3v) is 0.756. The van der Waals surface area contributed by atoms with Crippen LogP contribution >= 0.6 is 46.4 Å². The summed E-state index contributed by atoms with van der Waals surface area (Å²) in [5.41, 5.74) is 1.16. The molecule has 0 spiro atoms. The Morgan fingerprint density at radius 2 is 1.57 bits per heavy atom. The molecule has 0 aromatic heterocycles.